The molecule has 1 unspecified atom stereocenters. The molecule has 22 heavy (non-hydrogen) atoms. The van der Waals surface area contributed by atoms with E-state index in [2.05, 4.69) is 20.3 Å². The molecule has 0 saturated carbocycles. The first kappa shape index (κ1) is 13.9. The summed E-state index contributed by atoms with van der Waals surface area (Å²) in [6.07, 6.45) is 10.4. The summed E-state index contributed by atoms with van der Waals surface area (Å²) in [5.41, 5.74) is 11.4. The standard InChI is InChI=1S/C13H17N9/c1-11(20-8-2-5-16-20)13(19-12(14)15,21-9-3-6-17-21)22-10-4-7-18-22/h2-11H,1H3,(H4,14,15,19). The summed E-state index contributed by atoms with van der Waals surface area (Å²) in [6.45, 7) is 1.95. The molecule has 4 N–H and O–H groups in total. The number of rotatable bonds is 5. The minimum Gasteiger partial charge on any atom is -0.370 e. The predicted octanol–water partition coefficient (Wildman–Crippen LogP) is -0.0307. The molecule has 0 aliphatic carbocycles. The van der Waals surface area contributed by atoms with Gasteiger partial charge in [0.25, 0.3) is 5.79 Å². The van der Waals surface area contributed by atoms with Gasteiger partial charge in [0.1, 0.15) is 6.04 Å². The fraction of sp³-hybridized carbons (Fsp3) is 0.231. The third-order valence-electron chi connectivity index (χ3n) is 3.46. The van der Waals surface area contributed by atoms with Crippen molar-refractivity contribution in [3.05, 3.63) is 55.4 Å². The van der Waals surface area contributed by atoms with Gasteiger partial charge in [-0.05, 0) is 25.1 Å². The first-order valence-electron chi connectivity index (χ1n) is 6.75. The molecule has 0 amide bonds. The van der Waals surface area contributed by atoms with E-state index in [1.165, 1.54) is 0 Å². The maximum atomic E-state index is 5.70. The van der Waals surface area contributed by atoms with E-state index in [-0.39, 0.29) is 12.0 Å². The molecule has 3 heterocycles. The van der Waals surface area contributed by atoms with Gasteiger partial charge in [0.15, 0.2) is 5.96 Å². The maximum absolute atomic E-state index is 5.70. The lowest BCUT2D eigenvalue weighted by Gasteiger charge is -2.35. The molecule has 9 heteroatoms. The summed E-state index contributed by atoms with van der Waals surface area (Å²) in [7, 11) is 0. The van der Waals surface area contributed by atoms with Crippen molar-refractivity contribution in [3.63, 3.8) is 0 Å². The van der Waals surface area contributed by atoms with E-state index in [1.54, 1.807) is 57.2 Å². The van der Waals surface area contributed by atoms with E-state index >= 15 is 0 Å². The number of nitrogens with two attached hydrogens (primary N) is 2. The second-order valence-corrected chi connectivity index (χ2v) is 4.79. The Bertz CT molecular complexity index is 686. The Morgan fingerprint density at radius 2 is 1.50 bits per heavy atom. The maximum Gasteiger partial charge on any atom is 0.273 e. The van der Waals surface area contributed by atoms with Crippen LogP contribution in [0.3, 0.4) is 0 Å². The Morgan fingerprint density at radius 3 is 1.91 bits per heavy atom. The van der Waals surface area contributed by atoms with Crippen LogP contribution in [0.25, 0.3) is 0 Å². The Kier molecular flexibility index (Phi) is 3.37. The monoisotopic (exact) mass is 299 g/mol. The van der Waals surface area contributed by atoms with Crippen LogP contribution in [0.15, 0.2) is 60.4 Å². The molecular weight excluding hydrogens is 282 g/mol. The largest absolute Gasteiger partial charge is 0.370 e. The Labute approximate surface area is 126 Å². The average Bonchev–Trinajstić information content (AvgIpc) is 3.27. The molecule has 0 aliphatic rings. The van der Waals surface area contributed by atoms with Crippen LogP contribution >= 0.6 is 0 Å². The predicted molar refractivity (Wildman–Crippen MR) is 80.6 cm³/mol. The zero-order chi connectivity index (χ0) is 15.6. The quantitative estimate of drug-likeness (QED) is 0.506. The summed E-state index contributed by atoms with van der Waals surface area (Å²) in [5.74, 6) is -1.16. The molecule has 114 valence electrons. The lowest BCUT2D eigenvalue weighted by Crippen LogP contribution is -2.49. The molecule has 0 radical (unpaired) electrons. The highest BCUT2D eigenvalue weighted by Gasteiger charge is 2.43. The molecule has 0 spiro atoms. The van der Waals surface area contributed by atoms with E-state index in [4.69, 9.17) is 11.5 Å². The third-order valence-corrected chi connectivity index (χ3v) is 3.46. The lowest BCUT2D eigenvalue weighted by atomic mass is 10.1. The molecule has 0 bridgehead atoms. The van der Waals surface area contributed by atoms with E-state index in [0.717, 1.165) is 0 Å². The van der Waals surface area contributed by atoms with Gasteiger partial charge in [-0.15, -0.1) is 0 Å². The van der Waals surface area contributed by atoms with Crippen molar-refractivity contribution < 1.29 is 0 Å². The molecule has 9 nitrogen and oxygen atoms in total. The van der Waals surface area contributed by atoms with Crippen molar-refractivity contribution in [2.24, 2.45) is 16.5 Å². The first-order chi connectivity index (χ1) is 10.6. The number of hydrogen-bond donors (Lipinski definition) is 2. The second-order valence-electron chi connectivity index (χ2n) is 4.79. The Hall–Kier alpha value is -3.10. The zero-order valence-corrected chi connectivity index (χ0v) is 12.1. The van der Waals surface area contributed by atoms with Crippen molar-refractivity contribution >= 4 is 5.96 Å². The van der Waals surface area contributed by atoms with Crippen LogP contribution < -0.4 is 11.5 Å². The number of guanidine groups is 1. The van der Waals surface area contributed by atoms with Crippen molar-refractivity contribution in [3.8, 4) is 0 Å². The first-order valence-corrected chi connectivity index (χ1v) is 6.75. The van der Waals surface area contributed by atoms with Crippen LogP contribution in [0.5, 0.6) is 0 Å². The van der Waals surface area contributed by atoms with E-state index in [1.807, 2.05) is 19.2 Å². The van der Waals surface area contributed by atoms with Gasteiger partial charge in [-0.2, -0.15) is 20.3 Å². The van der Waals surface area contributed by atoms with Gasteiger partial charge < -0.3 is 11.5 Å². The second kappa shape index (κ2) is 5.35. The fourth-order valence-corrected chi connectivity index (χ4v) is 2.49. The van der Waals surface area contributed by atoms with Crippen molar-refractivity contribution in [2.75, 3.05) is 0 Å². The molecule has 0 aromatic carbocycles. The van der Waals surface area contributed by atoms with Gasteiger partial charge in [-0.3, -0.25) is 4.68 Å². The molecule has 0 aliphatic heterocycles. The SMILES string of the molecule is CC(n1cccn1)C(N=C(N)N)(n1cccn1)n1cccn1. The van der Waals surface area contributed by atoms with Crippen LogP contribution in [-0.4, -0.2) is 35.3 Å². The van der Waals surface area contributed by atoms with E-state index < -0.39 is 5.79 Å². The van der Waals surface area contributed by atoms with Gasteiger partial charge >= 0.3 is 0 Å². The smallest absolute Gasteiger partial charge is 0.273 e. The highest BCUT2D eigenvalue weighted by atomic mass is 15.6. The van der Waals surface area contributed by atoms with E-state index in [0.29, 0.717) is 0 Å². The zero-order valence-electron chi connectivity index (χ0n) is 12.1. The van der Waals surface area contributed by atoms with E-state index in [9.17, 15) is 0 Å². The normalized spacial score (nSPS) is 13.0. The minimum absolute atomic E-state index is 0.0648. The van der Waals surface area contributed by atoms with Crippen LogP contribution in [0.1, 0.15) is 13.0 Å². The number of aromatic nitrogens is 6. The van der Waals surface area contributed by atoms with Crippen molar-refractivity contribution in [1.82, 2.24) is 29.3 Å². The van der Waals surface area contributed by atoms with Gasteiger partial charge in [0.2, 0.25) is 0 Å². The number of hydrogen-bond acceptors (Lipinski definition) is 4. The molecule has 0 saturated heterocycles. The highest BCUT2D eigenvalue weighted by molar-refractivity contribution is 5.76. The molecule has 3 aromatic rings. The van der Waals surface area contributed by atoms with Gasteiger partial charge in [-0.25, -0.2) is 9.36 Å². The molecular formula is C13H17N9. The Morgan fingerprint density at radius 1 is 0.955 bits per heavy atom. The summed E-state index contributed by atoms with van der Waals surface area (Å²) in [5, 5.41) is 12.9. The molecule has 0 fully saturated rings. The van der Waals surface area contributed by atoms with Gasteiger partial charge in [0.05, 0.1) is 0 Å². The molecule has 3 aromatic heterocycles. The minimum atomic E-state index is -1.10. The molecule has 1 atom stereocenters. The van der Waals surface area contributed by atoms with Crippen LogP contribution in [-0.2, 0) is 5.79 Å². The third kappa shape index (κ3) is 2.12. The summed E-state index contributed by atoms with van der Waals surface area (Å²) < 4.78 is 5.08. The summed E-state index contributed by atoms with van der Waals surface area (Å²) >= 11 is 0. The van der Waals surface area contributed by atoms with Crippen molar-refractivity contribution in [1.29, 1.82) is 0 Å². The lowest BCUT2D eigenvalue weighted by molar-refractivity contribution is 0.107. The number of nitrogens with zero attached hydrogens (tertiary/aromatic N) is 7. The van der Waals surface area contributed by atoms with Crippen LogP contribution in [0, 0.1) is 0 Å². The van der Waals surface area contributed by atoms with Crippen LogP contribution in [0.2, 0.25) is 0 Å². The summed E-state index contributed by atoms with van der Waals surface area (Å²) in [4.78, 5) is 4.46. The summed E-state index contributed by atoms with van der Waals surface area (Å²) in [6, 6.07) is 5.15. The Balaban J connectivity index is 2.26. The topological polar surface area (TPSA) is 118 Å². The van der Waals surface area contributed by atoms with Crippen molar-refractivity contribution in [2.45, 2.75) is 18.8 Å². The fourth-order valence-electron chi connectivity index (χ4n) is 2.49. The highest BCUT2D eigenvalue weighted by Crippen LogP contribution is 2.32. The van der Waals surface area contributed by atoms with Gasteiger partial charge in [0, 0.05) is 37.2 Å². The average molecular weight is 299 g/mol. The van der Waals surface area contributed by atoms with Gasteiger partial charge in [-0.1, -0.05) is 0 Å². The number of aliphatic imine (C=N–C) groups is 1. The molecule has 3 rings (SSSR count). The van der Waals surface area contributed by atoms with Crippen LogP contribution in [0.4, 0.5) is 0 Å².